The second-order valence-electron chi connectivity index (χ2n) is 4.75. The first-order valence-electron chi connectivity index (χ1n) is 6.35. The fourth-order valence-electron chi connectivity index (χ4n) is 2.03. The van der Waals surface area contributed by atoms with Gasteiger partial charge in [-0.1, -0.05) is 12.1 Å². The molecule has 5 heteroatoms. The predicted octanol–water partition coefficient (Wildman–Crippen LogP) is 2.47. The summed E-state index contributed by atoms with van der Waals surface area (Å²) < 4.78 is 7.16. The van der Waals surface area contributed by atoms with Crippen molar-refractivity contribution in [2.75, 3.05) is 26.1 Å². The van der Waals surface area contributed by atoms with Crippen LogP contribution in [0.1, 0.15) is 0 Å². The Morgan fingerprint density at radius 3 is 2.75 bits per heavy atom. The third kappa shape index (κ3) is 2.18. The lowest BCUT2D eigenvalue weighted by Crippen LogP contribution is -2.10. The third-order valence-corrected chi connectivity index (χ3v) is 3.14. The van der Waals surface area contributed by atoms with Crippen molar-refractivity contribution >= 4 is 11.6 Å². The zero-order chi connectivity index (χ0) is 14.1. The zero-order valence-corrected chi connectivity index (χ0v) is 11.7. The number of ether oxygens (including phenoxy) is 1. The van der Waals surface area contributed by atoms with Gasteiger partial charge in [0, 0.05) is 32.1 Å². The highest BCUT2D eigenvalue weighted by Gasteiger charge is 2.07. The van der Waals surface area contributed by atoms with Crippen LogP contribution in [0.3, 0.4) is 0 Å². The van der Waals surface area contributed by atoms with Crippen LogP contribution in [0.4, 0.5) is 5.82 Å². The molecule has 102 valence electrons. The van der Waals surface area contributed by atoms with E-state index >= 15 is 0 Å². The minimum atomic E-state index is 0.689. The Kier molecular flexibility index (Phi) is 3.02. The van der Waals surface area contributed by atoms with E-state index in [1.807, 2.05) is 66.1 Å². The Balaban J connectivity index is 2.08. The summed E-state index contributed by atoms with van der Waals surface area (Å²) in [7, 11) is 5.59. The minimum absolute atomic E-state index is 0.689. The van der Waals surface area contributed by atoms with E-state index in [1.54, 1.807) is 7.11 Å². The number of hydrogen-bond acceptors (Lipinski definition) is 4. The fraction of sp³-hybridized carbons (Fsp3) is 0.200. The van der Waals surface area contributed by atoms with Crippen molar-refractivity contribution < 1.29 is 4.74 Å². The summed E-state index contributed by atoms with van der Waals surface area (Å²) in [5.41, 5.74) is 1.90. The van der Waals surface area contributed by atoms with Crippen molar-refractivity contribution in [3.63, 3.8) is 0 Å². The predicted molar refractivity (Wildman–Crippen MR) is 79.3 cm³/mol. The number of imidazole rings is 1. The molecule has 0 aliphatic carbocycles. The van der Waals surface area contributed by atoms with Gasteiger partial charge in [-0.15, -0.1) is 0 Å². The Bertz CT molecular complexity index is 748. The van der Waals surface area contributed by atoms with Crippen molar-refractivity contribution in [2.24, 2.45) is 0 Å². The Hall–Kier alpha value is -2.56. The standard InChI is InChI=1S/C15H16N4O/c1-18(2)14-7-8-19-10-13(16-15(19)17-14)11-5-4-6-12(9-11)20-3/h4-10H,1-3H3. The molecule has 1 aromatic carbocycles. The lowest BCUT2D eigenvalue weighted by molar-refractivity contribution is 0.415. The molecule has 3 rings (SSSR count). The summed E-state index contributed by atoms with van der Waals surface area (Å²) in [6, 6.07) is 9.81. The average Bonchev–Trinajstić information content (AvgIpc) is 2.90. The van der Waals surface area contributed by atoms with Crippen molar-refractivity contribution in [1.82, 2.24) is 14.4 Å². The molecule has 2 aromatic heterocycles. The Morgan fingerprint density at radius 1 is 1.15 bits per heavy atom. The second-order valence-corrected chi connectivity index (χ2v) is 4.75. The van der Waals surface area contributed by atoms with Crippen molar-refractivity contribution in [1.29, 1.82) is 0 Å². The molecule has 0 spiro atoms. The van der Waals surface area contributed by atoms with E-state index in [1.165, 1.54) is 0 Å². The minimum Gasteiger partial charge on any atom is -0.497 e. The molecule has 0 unspecified atom stereocenters. The molecule has 3 aromatic rings. The smallest absolute Gasteiger partial charge is 0.236 e. The summed E-state index contributed by atoms with van der Waals surface area (Å²) in [5.74, 6) is 2.40. The van der Waals surface area contributed by atoms with Gasteiger partial charge in [-0.2, -0.15) is 4.98 Å². The quantitative estimate of drug-likeness (QED) is 0.732. The largest absolute Gasteiger partial charge is 0.497 e. The molecule has 5 nitrogen and oxygen atoms in total. The van der Waals surface area contributed by atoms with Gasteiger partial charge in [0.15, 0.2) is 0 Å². The van der Waals surface area contributed by atoms with E-state index in [0.29, 0.717) is 5.78 Å². The third-order valence-electron chi connectivity index (χ3n) is 3.14. The average molecular weight is 268 g/mol. The van der Waals surface area contributed by atoms with Gasteiger partial charge in [0.1, 0.15) is 11.6 Å². The first kappa shape index (κ1) is 12.5. The van der Waals surface area contributed by atoms with Crippen molar-refractivity contribution in [2.45, 2.75) is 0 Å². The molecular formula is C15H16N4O. The molecule has 0 aliphatic rings. The fourth-order valence-corrected chi connectivity index (χ4v) is 2.03. The number of methoxy groups -OCH3 is 1. The van der Waals surface area contributed by atoms with Crippen LogP contribution in [0, 0.1) is 0 Å². The van der Waals surface area contributed by atoms with E-state index in [-0.39, 0.29) is 0 Å². The molecule has 0 amide bonds. The molecule has 0 atom stereocenters. The molecule has 20 heavy (non-hydrogen) atoms. The first-order valence-corrected chi connectivity index (χ1v) is 6.35. The maximum absolute atomic E-state index is 5.24. The summed E-state index contributed by atoms with van der Waals surface area (Å²) in [5, 5.41) is 0. The SMILES string of the molecule is COc1cccc(-c2cn3ccc(N(C)C)nc3n2)c1. The highest BCUT2D eigenvalue weighted by atomic mass is 16.5. The lowest BCUT2D eigenvalue weighted by atomic mass is 10.1. The van der Waals surface area contributed by atoms with Gasteiger partial charge in [-0.3, -0.25) is 4.40 Å². The van der Waals surface area contributed by atoms with Crippen LogP contribution >= 0.6 is 0 Å². The summed E-state index contributed by atoms with van der Waals surface area (Å²) >= 11 is 0. The molecule has 0 saturated carbocycles. The molecule has 0 N–H and O–H groups in total. The van der Waals surface area contributed by atoms with Gasteiger partial charge in [-0.05, 0) is 18.2 Å². The van der Waals surface area contributed by atoms with Crippen molar-refractivity contribution in [3.8, 4) is 17.0 Å². The lowest BCUT2D eigenvalue weighted by Gasteiger charge is -2.09. The van der Waals surface area contributed by atoms with E-state index in [2.05, 4.69) is 9.97 Å². The van der Waals surface area contributed by atoms with Gasteiger partial charge in [0.05, 0.1) is 12.8 Å². The normalized spacial score (nSPS) is 10.8. The zero-order valence-electron chi connectivity index (χ0n) is 11.7. The number of aromatic nitrogens is 3. The highest BCUT2D eigenvalue weighted by Crippen LogP contribution is 2.23. The van der Waals surface area contributed by atoms with Gasteiger partial charge >= 0.3 is 0 Å². The summed E-state index contributed by atoms with van der Waals surface area (Å²) in [4.78, 5) is 11.0. The van der Waals surface area contributed by atoms with Crippen LogP contribution in [-0.4, -0.2) is 35.6 Å². The van der Waals surface area contributed by atoms with Gasteiger partial charge in [0.25, 0.3) is 0 Å². The monoisotopic (exact) mass is 268 g/mol. The van der Waals surface area contributed by atoms with Crippen LogP contribution < -0.4 is 9.64 Å². The van der Waals surface area contributed by atoms with E-state index in [4.69, 9.17) is 4.74 Å². The number of rotatable bonds is 3. The number of hydrogen-bond donors (Lipinski definition) is 0. The molecule has 2 heterocycles. The molecule has 0 saturated heterocycles. The van der Waals surface area contributed by atoms with Crippen LogP contribution in [0.2, 0.25) is 0 Å². The van der Waals surface area contributed by atoms with Gasteiger partial charge in [-0.25, -0.2) is 4.98 Å². The second kappa shape index (κ2) is 4.85. The Morgan fingerprint density at radius 2 is 2.00 bits per heavy atom. The van der Waals surface area contributed by atoms with E-state index in [9.17, 15) is 0 Å². The number of benzene rings is 1. The molecule has 0 aliphatic heterocycles. The molecule has 0 radical (unpaired) electrons. The van der Waals surface area contributed by atoms with Crippen molar-refractivity contribution in [3.05, 3.63) is 42.7 Å². The molecular weight excluding hydrogens is 252 g/mol. The van der Waals surface area contributed by atoms with E-state index in [0.717, 1.165) is 22.8 Å². The topological polar surface area (TPSA) is 42.7 Å². The summed E-state index contributed by atoms with van der Waals surface area (Å²) in [6.45, 7) is 0. The van der Waals surface area contributed by atoms with Crippen LogP contribution in [-0.2, 0) is 0 Å². The number of nitrogens with zero attached hydrogens (tertiary/aromatic N) is 4. The highest BCUT2D eigenvalue weighted by molar-refractivity contribution is 5.63. The maximum Gasteiger partial charge on any atom is 0.236 e. The first-order chi connectivity index (χ1) is 9.67. The molecule has 0 fully saturated rings. The van der Waals surface area contributed by atoms with Gasteiger partial charge in [0.2, 0.25) is 5.78 Å². The van der Waals surface area contributed by atoms with E-state index < -0.39 is 0 Å². The molecule has 0 bridgehead atoms. The van der Waals surface area contributed by atoms with Gasteiger partial charge < -0.3 is 9.64 Å². The summed E-state index contributed by atoms with van der Waals surface area (Å²) in [6.07, 6.45) is 3.94. The van der Waals surface area contributed by atoms with Crippen LogP contribution in [0.25, 0.3) is 17.0 Å². The Labute approximate surface area is 117 Å². The number of anilines is 1. The van der Waals surface area contributed by atoms with Crippen LogP contribution in [0.5, 0.6) is 5.75 Å². The maximum atomic E-state index is 5.24. The van der Waals surface area contributed by atoms with Crippen LogP contribution in [0.15, 0.2) is 42.7 Å². The number of fused-ring (bicyclic) bond motifs is 1.